The lowest BCUT2D eigenvalue weighted by molar-refractivity contribution is 0.223. The highest BCUT2D eigenvalue weighted by Crippen LogP contribution is 2.37. The fraction of sp³-hybridized carbons (Fsp3) is 0.0270. The van der Waals surface area contributed by atoms with Crippen LogP contribution in [0, 0.1) is 0 Å². The third kappa shape index (κ3) is 3.30. The highest BCUT2D eigenvalue weighted by Gasteiger charge is 2.17. The van der Waals surface area contributed by atoms with Gasteiger partial charge in [-0.25, -0.2) is 0 Å². The van der Waals surface area contributed by atoms with Crippen molar-refractivity contribution in [1.29, 1.82) is 0 Å². The zero-order chi connectivity index (χ0) is 25.2. The standard InChI is InChI=1S/C37H24O/c38-37(33-13-5-11-27-19-29-15-23-7-1-3-9-25(23)17-31(29)21-35(27)33)34-14-6-12-28-20-30-16-24-8-2-4-10-26(24)18-32(30)22-36(28)34/h1-22,37-38H. The molecule has 1 heteroatoms. The van der Waals surface area contributed by atoms with E-state index in [2.05, 4.69) is 133 Å². The van der Waals surface area contributed by atoms with E-state index in [4.69, 9.17) is 0 Å². The summed E-state index contributed by atoms with van der Waals surface area (Å²) >= 11 is 0. The van der Waals surface area contributed by atoms with Gasteiger partial charge < -0.3 is 5.11 Å². The van der Waals surface area contributed by atoms with Crippen LogP contribution in [0.2, 0.25) is 0 Å². The minimum Gasteiger partial charge on any atom is -0.384 e. The summed E-state index contributed by atoms with van der Waals surface area (Å²) in [6, 6.07) is 47.5. The van der Waals surface area contributed by atoms with Crippen LogP contribution in [-0.2, 0) is 0 Å². The van der Waals surface area contributed by atoms with Gasteiger partial charge >= 0.3 is 0 Å². The van der Waals surface area contributed by atoms with Crippen LogP contribution in [0.15, 0.2) is 133 Å². The first-order valence-electron chi connectivity index (χ1n) is 13.1. The van der Waals surface area contributed by atoms with Gasteiger partial charge in [-0.15, -0.1) is 0 Å². The van der Waals surface area contributed by atoms with E-state index in [1.165, 1.54) is 43.1 Å². The quantitative estimate of drug-likeness (QED) is 0.242. The number of hydrogen-bond donors (Lipinski definition) is 1. The molecule has 0 spiro atoms. The lowest BCUT2D eigenvalue weighted by Crippen LogP contribution is -2.01. The van der Waals surface area contributed by atoms with Crippen molar-refractivity contribution in [2.75, 3.05) is 0 Å². The Balaban J connectivity index is 1.33. The van der Waals surface area contributed by atoms with Crippen molar-refractivity contribution in [2.24, 2.45) is 0 Å². The van der Waals surface area contributed by atoms with Gasteiger partial charge in [-0.1, -0.05) is 84.9 Å². The van der Waals surface area contributed by atoms with Gasteiger partial charge in [0, 0.05) is 0 Å². The smallest absolute Gasteiger partial charge is 0.105 e. The lowest BCUT2D eigenvalue weighted by Gasteiger charge is -2.18. The molecule has 178 valence electrons. The fourth-order valence-electron chi connectivity index (χ4n) is 6.13. The number of rotatable bonds is 2. The van der Waals surface area contributed by atoms with Crippen molar-refractivity contribution in [3.8, 4) is 0 Å². The van der Waals surface area contributed by atoms with Gasteiger partial charge in [0.25, 0.3) is 0 Å². The molecule has 8 aromatic carbocycles. The molecule has 0 amide bonds. The number of hydrogen-bond acceptors (Lipinski definition) is 1. The molecule has 0 aliphatic rings. The number of aliphatic hydroxyl groups excluding tert-OH is 1. The maximum Gasteiger partial charge on any atom is 0.105 e. The molecule has 8 rings (SSSR count). The highest BCUT2D eigenvalue weighted by molar-refractivity contribution is 6.07. The average molecular weight is 485 g/mol. The van der Waals surface area contributed by atoms with Crippen LogP contribution in [0.25, 0.3) is 64.6 Å². The molecule has 0 aliphatic heterocycles. The van der Waals surface area contributed by atoms with Gasteiger partial charge in [0.1, 0.15) is 6.10 Å². The monoisotopic (exact) mass is 484 g/mol. The van der Waals surface area contributed by atoms with Crippen LogP contribution in [0.3, 0.4) is 0 Å². The third-order valence-corrected chi connectivity index (χ3v) is 8.06. The molecule has 38 heavy (non-hydrogen) atoms. The molecule has 0 fully saturated rings. The van der Waals surface area contributed by atoms with Crippen LogP contribution in [0.1, 0.15) is 17.2 Å². The van der Waals surface area contributed by atoms with E-state index >= 15 is 0 Å². The summed E-state index contributed by atoms with van der Waals surface area (Å²) < 4.78 is 0. The highest BCUT2D eigenvalue weighted by atomic mass is 16.3. The maximum absolute atomic E-state index is 11.9. The van der Waals surface area contributed by atoms with Gasteiger partial charge in [-0.05, 0) is 124 Å². The van der Waals surface area contributed by atoms with Crippen LogP contribution >= 0.6 is 0 Å². The van der Waals surface area contributed by atoms with E-state index in [9.17, 15) is 5.11 Å². The summed E-state index contributed by atoms with van der Waals surface area (Å²) in [7, 11) is 0. The molecule has 0 saturated heterocycles. The first-order valence-corrected chi connectivity index (χ1v) is 13.1. The van der Waals surface area contributed by atoms with Gasteiger partial charge in [-0.3, -0.25) is 0 Å². The topological polar surface area (TPSA) is 20.2 Å². The van der Waals surface area contributed by atoms with Crippen molar-refractivity contribution in [1.82, 2.24) is 0 Å². The summed E-state index contributed by atoms with van der Waals surface area (Å²) in [4.78, 5) is 0. The summed E-state index contributed by atoms with van der Waals surface area (Å²) in [5.41, 5.74) is 1.87. The molecular weight excluding hydrogens is 460 g/mol. The summed E-state index contributed by atoms with van der Waals surface area (Å²) in [5.74, 6) is 0. The molecule has 1 N–H and O–H groups in total. The molecule has 0 aliphatic carbocycles. The van der Waals surface area contributed by atoms with Crippen molar-refractivity contribution in [3.63, 3.8) is 0 Å². The fourth-order valence-corrected chi connectivity index (χ4v) is 6.13. The van der Waals surface area contributed by atoms with E-state index in [-0.39, 0.29) is 0 Å². The first-order chi connectivity index (χ1) is 18.7. The molecule has 0 unspecified atom stereocenters. The van der Waals surface area contributed by atoms with E-state index in [1.807, 2.05) is 0 Å². The SMILES string of the molecule is OC(c1cccc2cc3cc4ccccc4cc3cc12)c1cccc2cc3cc4ccccc4cc3cc12. The van der Waals surface area contributed by atoms with Crippen LogP contribution < -0.4 is 0 Å². The maximum atomic E-state index is 11.9. The van der Waals surface area contributed by atoms with E-state index < -0.39 is 6.10 Å². The average Bonchev–Trinajstić information content (AvgIpc) is 2.95. The van der Waals surface area contributed by atoms with Gasteiger partial charge in [0.2, 0.25) is 0 Å². The second kappa shape index (κ2) is 8.14. The van der Waals surface area contributed by atoms with Crippen LogP contribution in [0.4, 0.5) is 0 Å². The minimum absolute atomic E-state index is 0.738. The predicted octanol–water partition coefficient (Wildman–Crippen LogP) is 9.69. The Morgan fingerprint density at radius 3 is 1.03 bits per heavy atom. The van der Waals surface area contributed by atoms with Gasteiger partial charge in [-0.2, -0.15) is 0 Å². The summed E-state index contributed by atoms with van der Waals surface area (Å²) in [6.45, 7) is 0. The second-order valence-corrected chi connectivity index (χ2v) is 10.3. The Bertz CT molecular complexity index is 2050. The second-order valence-electron chi connectivity index (χ2n) is 10.3. The Labute approximate surface area is 220 Å². The number of aliphatic hydroxyl groups is 1. The van der Waals surface area contributed by atoms with Crippen molar-refractivity contribution in [2.45, 2.75) is 6.10 Å². The summed E-state index contributed by atoms with van der Waals surface area (Å²) in [6.07, 6.45) is -0.738. The van der Waals surface area contributed by atoms with E-state index in [1.54, 1.807) is 0 Å². The Kier molecular flexibility index (Phi) is 4.58. The normalized spacial score (nSPS) is 12.1. The van der Waals surface area contributed by atoms with Crippen molar-refractivity contribution < 1.29 is 5.11 Å². The molecule has 0 atom stereocenters. The van der Waals surface area contributed by atoms with E-state index in [0.717, 1.165) is 32.7 Å². The zero-order valence-corrected chi connectivity index (χ0v) is 20.7. The molecule has 0 saturated carbocycles. The largest absolute Gasteiger partial charge is 0.384 e. The van der Waals surface area contributed by atoms with E-state index in [0.29, 0.717) is 0 Å². The van der Waals surface area contributed by atoms with Gasteiger partial charge in [0.15, 0.2) is 0 Å². The van der Waals surface area contributed by atoms with Crippen molar-refractivity contribution in [3.05, 3.63) is 145 Å². The lowest BCUT2D eigenvalue weighted by atomic mass is 9.90. The van der Waals surface area contributed by atoms with Crippen molar-refractivity contribution >= 4 is 64.6 Å². The van der Waals surface area contributed by atoms with Gasteiger partial charge in [0.05, 0.1) is 0 Å². The zero-order valence-electron chi connectivity index (χ0n) is 20.7. The molecular formula is C37H24O. The number of benzene rings is 8. The summed E-state index contributed by atoms with van der Waals surface area (Å²) in [5, 5.41) is 26.1. The predicted molar refractivity (Wildman–Crippen MR) is 162 cm³/mol. The van der Waals surface area contributed by atoms with Crippen LogP contribution in [0.5, 0.6) is 0 Å². The molecule has 1 nitrogen and oxygen atoms in total. The third-order valence-electron chi connectivity index (χ3n) is 8.06. The molecule has 0 bridgehead atoms. The molecule has 0 heterocycles. The minimum atomic E-state index is -0.738. The molecule has 0 radical (unpaired) electrons. The molecule has 0 aromatic heterocycles. The number of fused-ring (bicyclic) bond motifs is 6. The Hall–Kier alpha value is -4.72. The molecule has 8 aromatic rings. The van der Waals surface area contributed by atoms with Crippen LogP contribution in [-0.4, -0.2) is 5.11 Å². The first kappa shape index (κ1) is 21.4. The Morgan fingerprint density at radius 2 is 0.632 bits per heavy atom. The Morgan fingerprint density at radius 1 is 0.316 bits per heavy atom.